The summed E-state index contributed by atoms with van der Waals surface area (Å²) in [6.07, 6.45) is 8.33. The van der Waals surface area contributed by atoms with E-state index in [4.69, 9.17) is 42.6 Å². The standard InChI is InChI=1S/C35H61N3O13/c1-43-13-14-45-15-16-46-17-18-47-19-20-48-21-22-49-23-24-50-25-26-51-31(27-37-35(41)42)32(33(44-2)30-9-6-12-38(30)28-39)34(40)36-11-10-29-7-4-3-5-8-29/h4,7-8,28,30-33,37H,3,5-6,9-27H2,1-2H3,(H,36,40)(H,41,42)/t30?,31?,32-,33?/m1/s1. The first-order valence-electron chi connectivity index (χ1n) is 17.9. The van der Waals surface area contributed by atoms with Crippen molar-refractivity contribution in [3.63, 3.8) is 0 Å². The Balaban J connectivity index is 1.71. The number of nitrogens with one attached hydrogen (secondary N) is 2. The number of amides is 3. The summed E-state index contributed by atoms with van der Waals surface area (Å²) < 4.78 is 49.8. The third-order valence-corrected chi connectivity index (χ3v) is 8.28. The Morgan fingerprint density at radius 3 is 1.90 bits per heavy atom. The number of hydrogen-bond acceptors (Lipinski definition) is 12. The molecule has 0 aromatic rings. The first-order chi connectivity index (χ1) is 25.0. The van der Waals surface area contributed by atoms with Crippen LogP contribution in [-0.2, 0) is 52.2 Å². The van der Waals surface area contributed by atoms with Crippen molar-refractivity contribution in [3.8, 4) is 0 Å². The summed E-state index contributed by atoms with van der Waals surface area (Å²) in [5.41, 5.74) is 1.15. The van der Waals surface area contributed by atoms with E-state index >= 15 is 0 Å². The van der Waals surface area contributed by atoms with Gasteiger partial charge in [0, 0.05) is 33.9 Å². The third-order valence-electron chi connectivity index (χ3n) is 8.28. The molecule has 2 rings (SSSR count). The van der Waals surface area contributed by atoms with Crippen molar-refractivity contribution in [2.24, 2.45) is 5.92 Å². The van der Waals surface area contributed by atoms with Gasteiger partial charge >= 0.3 is 6.09 Å². The normalized spacial score (nSPS) is 17.6. The molecule has 51 heavy (non-hydrogen) atoms. The summed E-state index contributed by atoms with van der Waals surface area (Å²) in [5, 5.41) is 14.7. The molecule has 4 atom stereocenters. The molecule has 0 aromatic carbocycles. The van der Waals surface area contributed by atoms with Gasteiger partial charge in [0.25, 0.3) is 0 Å². The molecule has 1 aliphatic heterocycles. The molecular weight excluding hydrogens is 670 g/mol. The second-order valence-corrected chi connectivity index (χ2v) is 11.8. The van der Waals surface area contributed by atoms with E-state index < -0.39 is 24.2 Å². The van der Waals surface area contributed by atoms with E-state index in [9.17, 15) is 19.5 Å². The van der Waals surface area contributed by atoms with Gasteiger partial charge in [-0.15, -0.1) is 0 Å². The minimum absolute atomic E-state index is 0.0994. The molecule has 2 aliphatic rings. The molecule has 3 N–H and O–H groups in total. The number of carboxylic acid groups (broad SMARTS) is 1. The Bertz CT molecular complexity index is 987. The van der Waals surface area contributed by atoms with Crippen molar-refractivity contribution in [2.45, 2.75) is 50.4 Å². The van der Waals surface area contributed by atoms with E-state index in [-0.39, 0.29) is 31.7 Å². The monoisotopic (exact) mass is 731 g/mol. The average Bonchev–Trinajstić information content (AvgIpc) is 3.61. The van der Waals surface area contributed by atoms with Crippen LogP contribution in [-0.4, -0.2) is 173 Å². The molecule has 1 aliphatic carbocycles. The number of likely N-dealkylation sites (tertiary alicyclic amines) is 1. The van der Waals surface area contributed by atoms with Crippen LogP contribution in [0, 0.1) is 5.92 Å². The van der Waals surface area contributed by atoms with Crippen molar-refractivity contribution in [1.82, 2.24) is 15.5 Å². The Hall–Kier alpha value is -2.67. The number of carbonyl (C=O) groups is 3. The summed E-state index contributed by atoms with van der Waals surface area (Å²) in [4.78, 5) is 38.7. The molecule has 0 radical (unpaired) electrons. The van der Waals surface area contributed by atoms with Gasteiger partial charge in [-0.2, -0.15) is 0 Å². The van der Waals surface area contributed by atoms with Crippen LogP contribution in [0.3, 0.4) is 0 Å². The van der Waals surface area contributed by atoms with Gasteiger partial charge in [-0.25, -0.2) is 4.79 Å². The minimum Gasteiger partial charge on any atom is -0.465 e. The molecule has 3 unspecified atom stereocenters. The summed E-state index contributed by atoms with van der Waals surface area (Å²) >= 11 is 0. The Kier molecular flexibility index (Phi) is 26.0. The quantitative estimate of drug-likeness (QED) is 0.0652. The number of hydrogen-bond donors (Lipinski definition) is 3. The summed E-state index contributed by atoms with van der Waals surface area (Å²) in [6, 6.07) is -0.352. The molecule has 0 saturated carbocycles. The van der Waals surface area contributed by atoms with E-state index in [0.717, 1.165) is 31.2 Å². The number of nitrogens with zero attached hydrogens (tertiary/aromatic N) is 1. The van der Waals surface area contributed by atoms with Crippen LogP contribution in [0.25, 0.3) is 0 Å². The van der Waals surface area contributed by atoms with Gasteiger partial charge in [0.15, 0.2) is 0 Å². The fourth-order valence-corrected chi connectivity index (χ4v) is 5.75. The van der Waals surface area contributed by atoms with E-state index in [2.05, 4.69) is 28.9 Å². The van der Waals surface area contributed by atoms with Crippen LogP contribution in [0.15, 0.2) is 23.8 Å². The zero-order valence-corrected chi connectivity index (χ0v) is 30.5. The van der Waals surface area contributed by atoms with Crippen LogP contribution in [0.5, 0.6) is 0 Å². The Labute approximate surface area is 302 Å². The van der Waals surface area contributed by atoms with Gasteiger partial charge in [-0.3, -0.25) is 9.59 Å². The fraction of sp³-hybridized carbons (Fsp3) is 0.800. The maximum atomic E-state index is 13.8. The summed E-state index contributed by atoms with van der Waals surface area (Å²) in [5.74, 6) is -1.23. The second-order valence-electron chi connectivity index (χ2n) is 11.8. The van der Waals surface area contributed by atoms with Crippen LogP contribution < -0.4 is 10.6 Å². The predicted octanol–water partition coefficient (Wildman–Crippen LogP) is 1.42. The molecule has 3 amide bonds. The highest BCUT2D eigenvalue weighted by Gasteiger charge is 2.44. The topological polar surface area (TPSA) is 182 Å². The largest absolute Gasteiger partial charge is 0.465 e. The van der Waals surface area contributed by atoms with Crippen molar-refractivity contribution < 1.29 is 62.1 Å². The van der Waals surface area contributed by atoms with Gasteiger partial charge in [-0.05, 0) is 32.1 Å². The average molecular weight is 732 g/mol. The number of rotatable bonds is 33. The van der Waals surface area contributed by atoms with Gasteiger partial charge in [0.05, 0.1) is 117 Å². The van der Waals surface area contributed by atoms with Gasteiger partial charge < -0.3 is 63.3 Å². The molecule has 0 spiro atoms. The fourth-order valence-electron chi connectivity index (χ4n) is 5.75. The molecule has 16 nitrogen and oxygen atoms in total. The van der Waals surface area contributed by atoms with E-state index in [1.807, 2.05) is 0 Å². The molecule has 294 valence electrons. The maximum Gasteiger partial charge on any atom is 0.404 e. The molecule has 0 bridgehead atoms. The second kappa shape index (κ2) is 29.9. The van der Waals surface area contributed by atoms with Crippen molar-refractivity contribution in [3.05, 3.63) is 23.8 Å². The van der Waals surface area contributed by atoms with Gasteiger partial charge in [0.1, 0.15) is 0 Å². The highest BCUT2D eigenvalue weighted by Crippen LogP contribution is 2.28. The van der Waals surface area contributed by atoms with Gasteiger partial charge in [0.2, 0.25) is 12.3 Å². The van der Waals surface area contributed by atoms with Crippen molar-refractivity contribution in [1.29, 1.82) is 0 Å². The first-order valence-corrected chi connectivity index (χ1v) is 17.9. The maximum absolute atomic E-state index is 13.8. The number of allylic oxidation sites excluding steroid dienone is 3. The highest BCUT2D eigenvalue weighted by atomic mass is 16.6. The molecule has 1 saturated heterocycles. The summed E-state index contributed by atoms with van der Waals surface area (Å²) in [7, 11) is 3.13. The van der Waals surface area contributed by atoms with Crippen LogP contribution in [0.4, 0.5) is 4.79 Å². The van der Waals surface area contributed by atoms with Crippen LogP contribution in [0.2, 0.25) is 0 Å². The Morgan fingerprint density at radius 2 is 1.41 bits per heavy atom. The lowest BCUT2D eigenvalue weighted by Gasteiger charge is -2.37. The lowest BCUT2D eigenvalue weighted by atomic mass is 9.88. The number of methoxy groups -OCH3 is 2. The van der Waals surface area contributed by atoms with E-state index in [0.29, 0.717) is 105 Å². The van der Waals surface area contributed by atoms with Crippen LogP contribution >= 0.6 is 0 Å². The number of ether oxygens (including phenoxy) is 9. The SMILES string of the molecule is COCCOCCOCCOCCOCCOCCOCCOC(CNC(=O)O)[C@@H](C(=O)NCCC1=CCCC=C1)C(OC)C1CCCN1C=O. The zero-order chi connectivity index (χ0) is 36.8. The van der Waals surface area contributed by atoms with Gasteiger partial charge in [-0.1, -0.05) is 23.8 Å². The third kappa shape index (κ3) is 20.2. The Morgan fingerprint density at radius 1 is 0.843 bits per heavy atom. The molecule has 0 aromatic heterocycles. The first kappa shape index (κ1) is 44.5. The van der Waals surface area contributed by atoms with E-state index in [1.165, 1.54) is 7.11 Å². The van der Waals surface area contributed by atoms with E-state index in [1.54, 1.807) is 12.0 Å². The zero-order valence-electron chi connectivity index (χ0n) is 30.5. The molecule has 1 heterocycles. The van der Waals surface area contributed by atoms with Crippen molar-refractivity contribution in [2.75, 3.05) is 126 Å². The molecule has 16 heteroatoms. The lowest BCUT2D eigenvalue weighted by Crippen LogP contribution is -2.55. The predicted molar refractivity (Wildman–Crippen MR) is 187 cm³/mol. The van der Waals surface area contributed by atoms with Crippen LogP contribution in [0.1, 0.15) is 32.1 Å². The number of carbonyl (C=O) groups excluding carboxylic acids is 2. The highest BCUT2D eigenvalue weighted by molar-refractivity contribution is 5.80. The molecule has 1 fully saturated rings. The lowest BCUT2D eigenvalue weighted by molar-refractivity contribution is -0.145. The summed E-state index contributed by atoms with van der Waals surface area (Å²) in [6.45, 7) is 6.60. The minimum atomic E-state index is -1.24. The molecular formula is C35H61N3O13. The smallest absolute Gasteiger partial charge is 0.404 e. The van der Waals surface area contributed by atoms with Crippen molar-refractivity contribution >= 4 is 18.4 Å².